The SMILES string of the molecule is CN1CCN(NC(=O)[C@]23CC[C@](C)(C(=O)O2)C3(C)C)CC1. The van der Waals surface area contributed by atoms with Crippen molar-refractivity contribution in [3.63, 3.8) is 0 Å². The fraction of sp³-hybridized carbons (Fsp3) is 0.867. The number of nitrogens with zero attached hydrogens (tertiary/aromatic N) is 2. The molecule has 0 aromatic carbocycles. The monoisotopic (exact) mass is 295 g/mol. The van der Waals surface area contributed by atoms with Crippen LogP contribution in [-0.2, 0) is 14.3 Å². The summed E-state index contributed by atoms with van der Waals surface area (Å²) in [4.78, 5) is 27.3. The summed E-state index contributed by atoms with van der Waals surface area (Å²) in [6.45, 7) is 9.33. The molecule has 118 valence electrons. The minimum atomic E-state index is -1.01. The Morgan fingerprint density at radius 3 is 2.24 bits per heavy atom. The van der Waals surface area contributed by atoms with E-state index in [4.69, 9.17) is 4.74 Å². The van der Waals surface area contributed by atoms with Crippen molar-refractivity contribution < 1.29 is 14.3 Å². The molecule has 1 saturated carbocycles. The van der Waals surface area contributed by atoms with E-state index in [9.17, 15) is 9.59 Å². The maximum absolute atomic E-state index is 12.8. The molecule has 3 aliphatic rings. The van der Waals surface area contributed by atoms with Gasteiger partial charge in [0.1, 0.15) is 0 Å². The van der Waals surface area contributed by atoms with E-state index in [1.807, 2.05) is 25.8 Å². The summed E-state index contributed by atoms with van der Waals surface area (Å²) in [6.07, 6.45) is 1.33. The van der Waals surface area contributed by atoms with E-state index in [-0.39, 0.29) is 11.9 Å². The molecule has 3 fully saturated rings. The molecule has 3 rings (SSSR count). The molecule has 6 heteroatoms. The Kier molecular flexibility index (Phi) is 3.12. The average Bonchev–Trinajstić information content (AvgIpc) is 2.72. The highest BCUT2D eigenvalue weighted by Gasteiger charge is 2.75. The summed E-state index contributed by atoms with van der Waals surface area (Å²) in [5.74, 6) is -0.390. The lowest BCUT2D eigenvalue weighted by Crippen LogP contribution is -2.60. The van der Waals surface area contributed by atoms with Crippen LogP contribution in [0.3, 0.4) is 0 Å². The molecule has 1 N–H and O–H groups in total. The normalized spacial score (nSPS) is 39.3. The van der Waals surface area contributed by atoms with Gasteiger partial charge in [-0.1, -0.05) is 13.8 Å². The summed E-state index contributed by atoms with van der Waals surface area (Å²) in [6, 6.07) is 0. The van der Waals surface area contributed by atoms with Gasteiger partial charge in [0.05, 0.1) is 5.41 Å². The second-order valence-corrected chi connectivity index (χ2v) is 7.40. The van der Waals surface area contributed by atoms with Crippen molar-refractivity contribution in [2.75, 3.05) is 33.2 Å². The Bertz CT molecular complexity index is 485. The third-order valence-corrected chi connectivity index (χ3v) is 6.21. The van der Waals surface area contributed by atoms with Crippen LogP contribution in [-0.4, -0.2) is 60.6 Å². The van der Waals surface area contributed by atoms with Gasteiger partial charge in [0.25, 0.3) is 5.91 Å². The van der Waals surface area contributed by atoms with Crippen LogP contribution >= 0.6 is 0 Å². The molecule has 2 aliphatic heterocycles. The van der Waals surface area contributed by atoms with Gasteiger partial charge in [0.15, 0.2) is 5.60 Å². The Morgan fingerprint density at radius 2 is 1.76 bits per heavy atom. The number of fused-ring (bicyclic) bond motifs is 2. The van der Waals surface area contributed by atoms with Crippen LogP contribution in [0.4, 0.5) is 0 Å². The molecule has 0 aromatic heterocycles. The molecule has 0 spiro atoms. The average molecular weight is 295 g/mol. The van der Waals surface area contributed by atoms with Gasteiger partial charge in [-0.15, -0.1) is 0 Å². The van der Waals surface area contributed by atoms with E-state index in [0.717, 1.165) is 32.6 Å². The van der Waals surface area contributed by atoms with E-state index in [1.165, 1.54) is 0 Å². The number of piperazine rings is 1. The first-order valence-corrected chi connectivity index (χ1v) is 7.71. The van der Waals surface area contributed by atoms with Gasteiger partial charge in [0.2, 0.25) is 0 Å². The summed E-state index contributed by atoms with van der Waals surface area (Å²) >= 11 is 0. The second-order valence-electron chi connectivity index (χ2n) is 7.40. The fourth-order valence-corrected chi connectivity index (χ4v) is 3.90. The number of hydrogen-bond donors (Lipinski definition) is 1. The van der Waals surface area contributed by atoms with Crippen molar-refractivity contribution in [1.82, 2.24) is 15.3 Å². The maximum atomic E-state index is 12.8. The first-order valence-electron chi connectivity index (χ1n) is 7.71. The number of hydrogen-bond acceptors (Lipinski definition) is 5. The lowest BCUT2D eigenvalue weighted by Gasteiger charge is -2.38. The number of nitrogens with one attached hydrogen (secondary N) is 1. The highest BCUT2D eigenvalue weighted by atomic mass is 16.6. The molecule has 2 heterocycles. The van der Waals surface area contributed by atoms with Crippen LogP contribution in [0.1, 0.15) is 33.6 Å². The van der Waals surface area contributed by atoms with Crippen molar-refractivity contribution >= 4 is 11.9 Å². The van der Waals surface area contributed by atoms with E-state index < -0.39 is 16.4 Å². The molecule has 21 heavy (non-hydrogen) atoms. The summed E-state index contributed by atoms with van der Waals surface area (Å²) in [7, 11) is 2.07. The lowest BCUT2D eigenvalue weighted by atomic mass is 9.66. The number of carbonyl (C=O) groups excluding carboxylic acids is 2. The number of amides is 1. The van der Waals surface area contributed by atoms with E-state index >= 15 is 0 Å². The maximum Gasteiger partial charge on any atom is 0.313 e. The summed E-state index contributed by atoms with van der Waals surface area (Å²) in [5, 5.41) is 1.94. The van der Waals surface area contributed by atoms with Crippen LogP contribution in [0, 0.1) is 10.8 Å². The molecule has 0 unspecified atom stereocenters. The molecule has 2 saturated heterocycles. The Hall–Kier alpha value is -1.14. The van der Waals surface area contributed by atoms with Gasteiger partial charge in [0, 0.05) is 31.6 Å². The Morgan fingerprint density at radius 1 is 1.14 bits per heavy atom. The number of rotatable bonds is 2. The molecular formula is C15H25N3O3. The van der Waals surface area contributed by atoms with Crippen LogP contribution < -0.4 is 5.43 Å². The van der Waals surface area contributed by atoms with Gasteiger partial charge in [-0.3, -0.25) is 15.0 Å². The molecule has 1 amide bonds. The largest absolute Gasteiger partial charge is 0.448 e. The second kappa shape index (κ2) is 4.43. The minimum Gasteiger partial charge on any atom is -0.448 e. The molecule has 1 aliphatic carbocycles. The summed E-state index contributed by atoms with van der Waals surface area (Å²) in [5.41, 5.74) is 0.944. The van der Waals surface area contributed by atoms with E-state index in [0.29, 0.717) is 6.42 Å². The number of hydrazine groups is 1. The van der Waals surface area contributed by atoms with Crippen LogP contribution in [0.15, 0.2) is 0 Å². The highest BCUT2D eigenvalue weighted by Crippen LogP contribution is 2.65. The lowest BCUT2D eigenvalue weighted by molar-refractivity contribution is -0.171. The summed E-state index contributed by atoms with van der Waals surface area (Å²) < 4.78 is 5.60. The van der Waals surface area contributed by atoms with E-state index in [2.05, 4.69) is 17.4 Å². The van der Waals surface area contributed by atoms with Crippen LogP contribution in [0.25, 0.3) is 0 Å². The van der Waals surface area contributed by atoms with Gasteiger partial charge < -0.3 is 9.64 Å². The van der Waals surface area contributed by atoms with Crippen molar-refractivity contribution in [2.24, 2.45) is 10.8 Å². The van der Waals surface area contributed by atoms with Crippen LogP contribution in [0.5, 0.6) is 0 Å². The smallest absolute Gasteiger partial charge is 0.313 e. The van der Waals surface area contributed by atoms with Crippen molar-refractivity contribution in [2.45, 2.75) is 39.2 Å². The van der Waals surface area contributed by atoms with Gasteiger partial charge >= 0.3 is 5.97 Å². The zero-order chi connectivity index (χ0) is 15.5. The fourth-order valence-electron chi connectivity index (χ4n) is 3.90. The predicted octanol–water partition coefficient (Wildman–Crippen LogP) is 0.387. The van der Waals surface area contributed by atoms with Crippen molar-refractivity contribution in [3.05, 3.63) is 0 Å². The Balaban J connectivity index is 1.77. The molecular weight excluding hydrogens is 270 g/mol. The predicted molar refractivity (Wildman–Crippen MR) is 77.2 cm³/mol. The highest BCUT2D eigenvalue weighted by molar-refractivity contribution is 5.96. The number of likely N-dealkylation sites (N-methyl/N-ethyl adjacent to an activating group) is 1. The molecule has 6 nitrogen and oxygen atoms in total. The topological polar surface area (TPSA) is 61.9 Å². The molecule has 2 bridgehead atoms. The first kappa shape index (κ1) is 14.8. The zero-order valence-corrected chi connectivity index (χ0v) is 13.4. The molecule has 0 aromatic rings. The minimum absolute atomic E-state index is 0.161. The zero-order valence-electron chi connectivity index (χ0n) is 13.4. The first-order chi connectivity index (χ1) is 9.73. The third-order valence-electron chi connectivity index (χ3n) is 6.21. The molecule has 0 radical (unpaired) electrons. The van der Waals surface area contributed by atoms with Gasteiger partial charge in [-0.25, -0.2) is 5.01 Å². The number of carbonyl (C=O) groups is 2. The molecule has 2 atom stereocenters. The van der Waals surface area contributed by atoms with Gasteiger partial charge in [-0.05, 0) is 26.8 Å². The van der Waals surface area contributed by atoms with Gasteiger partial charge in [-0.2, -0.15) is 0 Å². The number of esters is 1. The quantitative estimate of drug-likeness (QED) is 0.747. The Labute approximate surface area is 125 Å². The number of ether oxygens (including phenoxy) is 1. The van der Waals surface area contributed by atoms with Crippen molar-refractivity contribution in [3.8, 4) is 0 Å². The van der Waals surface area contributed by atoms with E-state index in [1.54, 1.807) is 0 Å². The van der Waals surface area contributed by atoms with Crippen LogP contribution in [0.2, 0.25) is 0 Å². The van der Waals surface area contributed by atoms with Crippen molar-refractivity contribution in [1.29, 1.82) is 0 Å². The third kappa shape index (κ3) is 1.78. The standard InChI is InChI=1S/C15H25N3O3/c1-13(2)14(3)5-6-15(13,21-12(14)20)11(19)16-18-9-7-17(4)8-10-18/h5-10H2,1-4H3,(H,16,19)/t14-,15+/m1/s1.